The number of amides is 1. The number of thiazole rings is 1. The van der Waals surface area contributed by atoms with Crippen LogP contribution in [0.2, 0.25) is 0 Å². The maximum absolute atomic E-state index is 12.9. The molecule has 0 atom stereocenters. The molecular formula is C20H24N2O2S. The van der Waals surface area contributed by atoms with Crippen LogP contribution in [0.4, 0.5) is 0 Å². The summed E-state index contributed by atoms with van der Waals surface area (Å²) in [5.74, 6) is 0.0215. The van der Waals surface area contributed by atoms with Crippen LogP contribution in [0, 0.1) is 0 Å². The second kappa shape index (κ2) is 7.91. The van der Waals surface area contributed by atoms with Crippen molar-refractivity contribution in [2.24, 2.45) is 0 Å². The molecule has 0 bridgehead atoms. The second-order valence-corrected chi connectivity index (χ2v) is 7.38. The molecular weight excluding hydrogens is 332 g/mol. The summed E-state index contributed by atoms with van der Waals surface area (Å²) in [6.45, 7) is 4.30. The Morgan fingerprint density at radius 3 is 2.60 bits per heavy atom. The van der Waals surface area contributed by atoms with Gasteiger partial charge in [0.05, 0.1) is 0 Å². The van der Waals surface area contributed by atoms with Gasteiger partial charge in [0.1, 0.15) is 10.7 Å². The van der Waals surface area contributed by atoms with Crippen molar-refractivity contribution < 1.29 is 9.59 Å². The first kappa shape index (κ1) is 17.8. The van der Waals surface area contributed by atoms with E-state index >= 15 is 0 Å². The molecule has 0 aliphatic heterocycles. The fourth-order valence-corrected chi connectivity index (χ4v) is 4.41. The van der Waals surface area contributed by atoms with E-state index in [1.807, 2.05) is 35.4 Å². The quantitative estimate of drug-likeness (QED) is 0.723. The summed E-state index contributed by atoms with van der Waals surface area (Å²) in [6, 6.07) is 7.77. The van der Waals surface area contributed by atoms with Crippen molar-refractivity contribution >= 4 is 23.0 Å². The molecule has 0 radical (unpaired) electrons. The molecule has 5 heteroatoms. The topological polar surface area (TPSA) is 50.3 Å². The zero-order chi connectivity index (χ0) is 17.8. The van der Waals surface area contributed by atoms with Crippen LogP contribution in [-0.4, -0.2) is 34.2 Å². The van der Waals surface area contributed by atoms with Crippen LogP contribution in [0.15, 0.2) is 29.6 Å². The number of ketones is 1. The first-order chi connectivity index (χ1) is 12.1. The van der Waals surface area contributed by atoms with E-state index in [0.29, 0.717) is 23.8 Å². The van der Waals surface area contributed by atoms with Crippen molar-refractivity contribution in [3.05, 3.63) is 40.9 Å². The monoisotopic (exact) mass is 356 g/mol. The van der Waals surface area contributed by atoms with Gasteiger partial charge >= 0.3 is 0 Å². The lowest BCUT2D eigenvalue weighted by Gasteiger charge is -2.33. The van der Waals surface area contributed by atoms with Gasteiger partial charge in [-0.3, -0.25) is 9.59 Å². The number of hydrogen-bond donors (Lipinski definition) is 0. The lowest BCUT2D eigenvalue weighted by Crippen LogP contribution is -2.41. The van der Waals surface area contributed by atoms with Gasteiger partial charge < -0.3 is 4.90 Å². The smallest absolute Gasteiger partial charge is 0.273 e. The third kappa shape index (κ3) is 3.82. The lowest BCUT2D eigenvalue weighted by molar-refractivity contribution is 0.0642. The number of nitrogens with zero attached hydrogens (tertiary/aromatic N) is 2. The summed E-state index contributed by atoms with van der Waals surface area (Å²) in [7, 11) is 0. The minimum Gasteiger partial charge on any atom is -0.335 e. The highest BCUT2D eigenvalue weighted by atomic mass is 32.1. The molecule has 1 fully saturated rings. The largest absolute Gasteiger partial charge is 0.335 e. The number of rotatable bonds is 5. The second-order valence-electron chi connectivity index (χ2n) is 6.52. The van der Waals surface area contributed by atoms with E-state index in [1.54, 1.807) is 13.0 Å². The molecule has 4 nitrogen and oxygen atoms in total. The van der Waals surface area contributed by atoms with Crippen molar-refractivity contribution in [3.8, 4) is 10.6 Å². The number of aromatic nitrogens is 1. The maximum Gasteiger partial charge on any atom is 0.273 e. The van der Waals surface area contributed by atoms with E-state index in [0.717, 1.165) is 23.4 Å². The summed E-state index contributed by atoms with van der Waals surface area (Å²) in [5.41, 5.74) is 1.95. The molecule has 1 heterocycles. The van der Waals surface area contributed by atoms with Gasteiger partial charge in [0, 0.05) is 29.1 Å². The Morgan fingerprint density at radius 2 is 1.92 bits per heavy atom. The van der Waals surface area contributed by atoms with Crippen LogP contribution in [-0.2, 0) is 0 Å². The highest BCUT2D eigenvalue weighted by Gasteiger charge is 2.26. The Balaban J connectivity index is 1.85. The zero-order valence-corrected chi connectivity index (χ0v) is 15.6. The molecule has 1 aromatic heterocycles. The predicted octanol–water partition coefficient (Wildman–Crippen LogP) is 4.81. The number of carbonyl (C=O) groups is 2. The Labute approximate surface area is 152 Å². The van der Waals surface area contributed by atoms with Gasteiger partial charge in [-0.1, -0.05) is 43.5 Å². The molecule has 0 saturated heterocycles. The highest BCUT2D eigenvalue weighted by Crippen LogP contribution is 2.29. The molecule has 0 N–H and O–H groups in total. The van der Waals surface area contributed by atoms with Crippen LogP contribution < -0.4 is 0 Å². The average molecular weight is 356 g/mol. The van der Waals surface area contributed by atoms with Crippen molar-refractivity contribution in [2.75, 3.05) is 6.54 Å². The molecule has 0 unspecified atom stereocenters. The first-order valence-electron chi connectivity index (χ1n) is 8.98. The minimum atomic E-state index is 0.0102. The van der Waals surface area contributed by atoms with Crippen molar-refractivity contribution in [2.45, 2.75) is 52.0 Å². The summed E-state index contributed by atoms with van der Waals surface area (Å²) < 4.78 is 0. The Morgan fingerprint density at radius 1 is 1.20 bits per heavy atom. The van der Waals surface area contributed by atoms with Gasteiger partial charge in [-0.15, -0.1) is 11.3 Å². The van der Waals surface area contributed by atoms with Gasteiger partial charge in [-0.05, 0) is 26.7 Å². The van der Waals surface area contributed by atoms with Crippen molar-refractivity contribution in [1.29, 1.82) is 0 Å². The number of carbonyl (C=O) groups excluding carboxylic acids is 2. The molecule has 1 aromatic carbocycles. The van der Waals surface area contributed by atoms with Gasteiger partial charge in [0.2, 0.25) is 0 Å². The molecule has 132 valence electrons. The van der Waals surface area contributed by atoms with Crippen LogP contribution in [0.1, 0.15) is 66.8 Å². The first-order valence-corrected chi connectivity index (χ1v) is 9.86. The Kier molecular flexibility index (Phi) is 5.63. The van der Waals surface area contributed by atoms with Gasteiger partial charge in [-0.2, -0.15) is 0 Å². The number of hydrogen-bond acceptors (Lipinski definition) is 4. The molecule has 1 saturated carbocycles. The third-order valence-corrected chi connectivity index (χ3v) is 5.75. The van der Waals surface area contributed by atoms with E-state index in [4.69, 9.17) is 0 Å². The lowest BCUT2D eigenvalue weighted by atomic mass is 9.94. The van der Waals surface area contributed by atoms with Gasteiger partial charge in [0.25, 0.3) is 5.91 Å². The Hall–Kier alpha value is -2.01. The van der Waals surface area contributed by atoms with Gasteiger partial charge in [0.15, 0.2) is 5.78 Å². The summed E-state index contributed by atoms with van der Waals surface area (Å²) in [6.07, 6.45) is 5.84. The van der Waals surface area contributed by atoms with Crippen LogP contribution in [0.5, 0.6) is 0 Å². The average Bonchev–Trinajstić information content (AvgIpc) is 3.13. The van der Waals surface area contributed by atoms with Crippen LogP contribution in [0.25, 0.3) is 10.6 Å². The van der Waals surface area contributed by atoms with Gasteiger partial charge in [-0.25, -0.2) is 4.98 Å². The maximum atomic E-state index is 12.9. The number of benzene rings is 1. The minimum absolute atomic E-state index is 0.0102. The van der Waals surface area contributed by atoms with Crippen molar-refractivity contribution in [1.82, 2.24) is 9.88 Å². The van der Waals surface area contributed by atoms with E-state index < -0.39 is 0 Å². The van der Waals surface area contributed by atoms with E-state index in [1.165, 1.54) is 30.6 Å². The predicted molar refractivity (Wildman–Crippen MR) is 101 cm³/mol. The number of Topliss-reactive ketones (excluding diaryl/α,β-unsaturated/α-hetero) is 1. The molecule has 1 aliphatic rings. The SMILES string of the molecule is CCN(C(=O)c1csc(-c2ccccc2C(C)=O)n1)C1CCCCC1. The summed E-state index contributed by atoms with van der Waals surface area (Å²) >= 11 is 1.43. The molecule has 0 spiro atoms. The van der Waals surface area contributed by atoms with Crippen molar-refractivity contribution in [3.63, 3.8) is 0 Å². The van der Waals surface area contributed by atoms with E-state index in [2.05, 4.69) is 4.98 Å². The fraction of sp³-hybridized carbons (Fsp3) is 0.450. The fourth-order valence-electron chi connectivity index (χ4n) is 3.58. The molecule has 1 aliphatic carbocycles. The van der Waals surface area contributed by atoms with E-state index in [9.17, 15) is 9.59 Å². The van der Waals surface area contributed by atoms with Crippen LogP contribution >= 0.6 is 11.3 Å². The molecule has 1 amide bonds. The zero-order valence-electron chi connectivity index (χ0n) is 14.8. The summed E-state index contributed by atoms with van der Waals surface area (Å²) in [4.78, 5) is 31.3. The Bertz CT molecular complexity index is 763. The molecule has 2 aromatic rings. The molecule has 25 heavy (non-hydrogen) atoms. The summed E-state index contributed by atoms with van der Waals surface area (Å²) in [5, 5.41) is 2.55. The van der Waals surface area contributed by atoms with E-state index in [-0.39, 0.29) is 11.7 Å². The molecule has 3 rings (SSSR count). The third-order valence-electron chi connectivity index (χ3n) is 4.88. The highest BCUT2D eigenvalue weighted by molar-refractivity contribution is 7.13. The van der Waals surface area contributed by atoms with Crippen LogP contribution in [0.3, 0.4) is 0 Å². The standard InChI is InChI=1S/C20H24N2O2S/c1-3-22(15-9-5-4-6-10-15)20(24)18-13-25-19(21-18)17-12-8-7-11-16(17)14(2)23/h7-8,11-13,15H,3-6,9-10H2,1-2H3. The normalized spacial score (nSPS) is 15.1.